The molecule has 2 N–H and O–H groups in total. The molecule has 0 saturated heterocycles. The van der Waals surface area contributed by atoms with E-state index in [-0.39, 0.29) is 12.3 Å². The van der Waals surface area contributed by atoms with Crippen molar-refractivity contribution in [2.24, 2.45) is 0 Å². The summed E-state index contributed by atoms with van der Waals surface area (Å²) >= 11 is 0. The van der Waals surface area contributed by atoms with Crippen LogP contribution in [0.5, 0.6) is 0 Å². The van der Waals surface area contributed by atoms with Crippen molar-refractivity contribution in [2.75, 3.05) is 6.54 Å². The zero-order chi connectivity index (χ0) is 23.1. The molecule has 0 unspecified atom stereocenters. The highest BCUT2D eigenvalue weighted by atomic mass is 16.4. The van der Waals surface area contributed by atoms with Crippen LogP contribution >= 0.6 is 0 Å². The van der Waals surface area contributed by atoms with Crippen molar-refractivity contribution in [3.63, 3.8) is 0 Å². The molecule has 3 aromatic heterocycles. The van der Waals surface area contributed by atoms with Gasteiger partial charge in [-0.25, -0.2) is 4.79 Å². The van der Waals surface area contributed by atoms with Gasteiger partial charge in [0.15, 0.2) is 0 Å². The number of rotatable bonds is 6. The largest absolute Gasteiger partial charge is 0.464 e. The first-order chi connectivity index (χ1) is 15.9. The van der Waals surface area contributed by atoms with Crippen LogP contribution in [0.2, 0.25) is 0 Å². The van der Waals surface area contributed by atoms with Crippen molar-refractivity contribution < 1.29 is 13.6 Å². The molecule has 0 atom stereocenters. The van der Waals surface area contributed by atoms with E-state index in [2.05, 4.69) is 16.4 Å². The molecule has 0 spiro atoms. The summed E-state index contributed by atoms with van der Waals surface area (Å²) in [5, 5.41) is 6.05. The SMILES string of the molecule is Cc1coc2c(C)c3oc(=O)c(CCC(=O)NCCc4c[nH]c5ccccc45)c(C)c3cc12. The van der Waals surface area contributed by atoms with E-state index in [1.165, 1.54) is 10.9 Å². The van der Waals surface area contributed by atoms with Gasteiger partial charge in [-0.05, 0) is 62.4 Å². The molecule has 0 aliphatic rings. The fourth-order valence-electron chi connectivity index (χ4n) is 4.61. The molecule has 0 bridgehead atoms. The van der Waals surface area contributed by atoms with Crippen LogP contribution in [0.1, 0.15) is 34.2 Å². The quantitative estimate of drug-likeness (QED) is 0.352. The number of aromatic nitrogens is 1. The van der Waals surface area contributed by atoms with Crippen molar-refractivity contribution in [2.45, 2.75) is 40.0 Å². The molecule has 6 nitrogen and oxygen atoms in total. The summed E-state index contributed by atoms with van der Waals surface area (Å²) in [7, 11) is 0. The third kappa shape index (κ3) is 3.71. The van der Waals surface area contributed by atoms with Gasteiger partial charge in [-0.15, -0.1) is 0 Å². The van der Waals surface area contributed by atoms with Gasteiger partial charge in [0.1, 0.15) is 11.2 Å². The predicted octanol–water partition coefficient (Wildman–Crippen LogP) is 5.24. The van der Waals surface area contributed by atoms with Crippen LogP contribution in [0.3, 0.4) is 0 Å². The van der Waals surface area contributed by atoms with Crippen molar-refractivity contribution in [3.05, 3.63) is 81.0 Å². The minimum Gasteiger partial charge on any atom is -0.464 e. The molecule has 0 fully saturated rings. The molecule has 5 rings (SSSR count). The number of carbonyl (C=O) groups is 1. The van der Waals surface area contributed by atoms with Crippen LogP contribution in [0.25, 0.3) is 32.8 Å². The van der Waals surface area contributed by atoms with Crippen LogP contribution in [-0.2, 0) is 17.6 Å². The van der Waals surface area contributed by atoms with Gasteiger partial charge in [-0.2, -0.15) is 0 Å². The minimum atomic E-state index is -0.391. The Hall–Kier alpha value is -3.80. The van der Waals surface area contributed by atoms with Gasteiger partial charge in [0, 0.05) is 52.0 Å². The molecule has 33 heavy (non-hydrogen) atoms. The van der Waals surface area contributed by atoms with Crippen LogP contribution in [-0.4, -0.2) is 17.4 Å². The average molecular weight is 443 g/mol. The first kappa shape index (κ1) is 21.1. The Labute approximate surface area is 190 Å². The number of carbonyl (C=O) groups excluding carboxylic acids is 1. The lowest BCUT2D eigenvalue weighted by molar-refractivity contribution is -0.121. The molecule has 6 heteroatoms. The van der Waals surface area contributed by atoms with Gasteiger partial charge in [-0.1, -0.05) is 18.2 Å². The van der Waals surface area contributed by atoms with E-state index in [0.717, 1.165) is 45.0 Å². The van der Waals surface area contributed by atoms with Gasteiger partial charge in [0.05, 0.1) is 6.26 Å². The van der Waals surface area contributed by atoms with Crippen LogP contribution in [0.4, 0.5) is 0 Å². The maximum Gasteiger partial charge on any atom is 0.339 e. The lowest BCUT2D eigenvalue weighted by Gasteiger charge is -2.10. The van der Waals surface area contributed by atoms with Crippen molar-refractivity contribution in [3.8, 4) is 0 Å². The van der Waals surface area contributed by atoms with E-state index in [1.54, 1.807) is 6.26 Å². The fraction of sp³-hybridized carbons (Fsp3) is 0.259. The second kappa shape index (κ2) is 8.28. The van der Waals surface area contributed by atoms with E-state index >= 15 is 0 Å². The predicted molar refractivity (Wildman–Crippen MR) is 130 cm³/mol. The Balaban J connectivity index is 1.29. The number of para-hydroxylation sites is 1. The van der Waals surface area contributed by atoms with Gasteiger partial charge >= 0.3 is 5.63 Å². The smallest absolute Gasteiger partial charge is 0.339 e. The van der Waals surface area contributed by atoms with Gasteiger partial charge in [-0.3, -0.25) is 4.79 Å². The normalized spacial score (nSPS) is 11.6. The minimum absolute atomic E-state index is 0.0777. The number of aryl methyl sites for hydroxylation is 3. The zero-order valence-corrected chi connectivity index (χ0v) is 19.0. The molecule has 5 aromatic rings. The summed E-state index contributed by atoms with van der Waals surface area (Å²) in [6.07, 6.45) is 5.01. The van der Waals surface area contributed by atoms with E-state index in [4.69, 9.17) is 8.83 Å². The molecule has 3 heterocycles. The van der Waals surface area contributed by atoms with Gasteiger partial charge in [0.2, 0.25) is 5.91 Å². The molecule has 0 aliphatic heterocycles. The number of benzene rings is 2. The highest BCUT2D eigenvalue weighted by Gasteiger charge is 2.18. The number of nitrogens with one attached hydrogen (secondary N) is 2. The van der Waals surface area contributed by atoms with Crippen molar-refractivity contribution >= 4 is 38.7 Å². The fourth-order valence-corrected chi connectivity index (χ4v) is 4.61. The second-order valence-electron chi connectivity index (χ2n) is 8.63. The standard InChI is InChI=1S/C27H26N2O4/c1-15-14-32-25-17(3)26-22(12-21(15)25)16(2)19(27(31)33-26)8-9-24(30)28-11-10-18-13-29-23-7-5-4-6-20(18)23/h4-7,12-14,29H,8-11H2,1-3H3,(H,28,30). The molecule has 2 aromatic carbocycles. The summed E-state index contributed by atoms with van der Waals surface area (Å²) in [6.45, 7) is 6.36. The zero-order valence-electron chi connectivity index (χ0n) is 19.0. The van der Waals surface area contributed by atoms with Gasteiger partial charge in [0.25, 0.3) is 0 Å². The van der Waals surface area contributed by atoms with Crippen LogP contribution < -0.4 is 10.9 Å². The molecule has 1 amide bonds. The lowest BCUT2D eigenvalue weighted by atomic mass is 9.98. The van der Waals surface area contributed by atoms with Gasteiger partial charge < -0.3 is 19.1 Å². The number of amides is 1. The Morgan fingerprint density at radius 1 is 1.00 bits per heavy atom. The maximum absolute atomic E-state index is 12.7. The summed E-state index contributed by atoms with van der Waals surface area (Å²) in [5.41, 5.74) is 6.43. The first-order valence-corrected chi connectivity index (χ1v) is 11.2. The summed E-state index contributed by atoms with van der Waals surface area (Å²) in [6, 6.07) is 10.1. The number of hydrogen-bond donors (Lipinski definition) is 2. The highest BCUT2D eigenvalue weighted by Crippen LogP contribution is 2.32. The summed E-state index contributed by atoms with van der Waals surface area (Å²) in [4.78, 5) is 28.4. The van der Waals surface area contributed by atoms with E-state index < -0.39 is 5.63 Å². The first-order valence-electron chi connectivity index (χ1n) is 11.2. The Kier molecular flexibility index (Phi) is 5.29. The topological polar surface area (TPSA) is 88.2 Å². The third-order valence-electron chi connectivity index (χ3n) is 6.53. The molecule has 168 valence electrons. The summed E-state index contributed by atoms with van der Waals surface area (Å²) < 4.78 is 11.3. The molecular weight excluding hydrogens is 416 g/mol. The maximum atomic E-state index is 12.7. The Morgan fingerprint density at radius 3 is 2.67 bits per heavy atom. The number of aromatic amines is 1. The van der Waals surface area contributed by atoms with Crippen LogP contribution in [0.15, 0.2) is 56.4 Å². The molecule has 0 radical (unpaired) electrons. The highest BCUT2D eigenvalue weighted by molar-refractivity contribution is 5.99. The number of H-pyrrole nitrogens is 1. The number of hydrogen-bond acceptors (Lipinski definition) is 4. The van der Waals surface area contributed by atoms with Crippen molar-refractivity contribution in [1.82, 2.24) is 10.3 Å². The third-order valence-corrected chi connectivity index (χ3v) is 6.53. The van der Waals surface area contributed by atoms with E-state index in [1.807, 2.05) is 51.2 Å². The Bertz CT molecular complexity index is 1570. The lowest BCUT2D eigenvalue weighted by Crippen LogP contribution is -2.26. The number of furan rings is 1. The average Bonchev–Trinajstić information content (AvgIpc) is 3.38. The molecular formula is C27H26N2O4. The van der Waals surface area contributed by atoms with E-state index in [9.17, 15) is 9.59 Å². The molecule has 0 aliphatic carbocycles. The summed E-state index contributed by atoms with van der Waals surface area (Å²) in [5.74, 6) is -0.0777. The monoisotopic (exact) mass is 442 g/mol. The Morgan fingerprint density at radius 2 is 1.82 bits per heavy atom. The van der Waals surface area contributed by atoms with Crippen molar-refractivity contribution in [1.29, 1.82) is 0 Å². The van der Waals surface area contributed by atoms with Crippen LogP contribution in [0, 0.1) is 20.8 Å². The van der Waals surface area contributed by atoms with E-state index in [0.29, 0.717) is 24.1 Å². The number of fused-ring (bicyclic) bond motifs is 3. The molecule has 0 saturated carbocycles. The second-order valence-corrected chi connectivity index (χ2v) is 8.63.